The van der Waals surface area contributed by atoms with Crippen molar-refractivity contribution in [2.24, 2.45) is 0 Å². The Hall–Kier alpha value is -3.26. The molecule has 8 heteroatoms. The summed E-state index contributed by atoms with van der Waals surface area (Å²) in [6.45, 7) is 0.385. The van der Waals surface area contributed by atoms with Crippen LogP contribution in [0.15, 0.2) is 48.5 Å². The SMILES string of the molecule is CN(C)C(=O)C(=O)N[C@H]1CCN(C(=O)C2(O)CCC2)[C@H]1Cc1cccc(-c2cccc(F)c2)c1. The zero-order valence-corrected chi connectivity index (χ0v) is 19.5. The van der Waals surface area contributed by atoms with Gasteiger partial charge in [0.1, 0.15) is 11.4 Å². The second-order valence-corrected chi connectivity index (χ2v) is 9.43. The van der Waals surface area contributed by atoms with Crippen LogP contribution >= 0.6 is 0 Å². The van der Waals surface area contributed by atoms with E-state index in [1.807, 2.05) is 30.3 Å². The van der Waals surface area contributed by atoms with Crippen molar-refractivity contribution in [1.82, 2.24) is 15.1 Å². The van der Waals surface area contributed by atoms with E-state index >= 15 is 0 Å². The molecule has 1 aliphatic carbocycles. The van der Waals surface area contributed by atoms with Gasteiger partial charge in [0.2, 0.25) is 0 Å². The van der Waals surface area contributed by atoms with Crippen LogP contribution in [0.25, 0.3) is 11.1 Å². The molecule has 2 aromatic rings. The highest BCUT2D eigenvalue weighted by Gasteiger charge is 2.49. The summed E-state index contributed by atoms with van der Waals surface area (Å²) >= 11 is 0. The van der Waals surface area contributed by atoms with Gasteiger partial charge in [-0.1, -0.05) is 36.4 Å². The summed E-state index contributed by atoms with van der Waals surface area (Å²) in [5, 5.41) is 13.5. The number of carbonyl (C=O) groups is 3. The van der Waals surface area contributed by atoms with Crippen molar-refractivity contribution in [3.63, 3.8) is 0 Å². The lowest BCUT2D eigenvalue weighted by atomic mass is 9.79. The fourth-order valence-electron chi connectivity index (χ4n) is 4.74. The Labute approximate surface area is 198 Å². The van der Waals surface area contributed by atoms with E-state index in [0.29, 0.717) is 32.2 Å². The molecule has 0 radical (unpaired) electrons. The molecule has 2 aliphatic rings. The fraction of sp³-hybridized carbons (Fsp3) is 0.423. The molecule has 4 rings (SSSR count). The maximum atomic E-state index is 13.7. The Bertz CT molecular complexity index is 1100. The number of rotatable bonds is 5. The normalized spacial score (nSPS) is 21.0. The first kappa shape index (κ1) is 23.9. The number of nitrogens with zero attached hydrogens (tertiary/aromatic N) is 2. The summed E-state index contributed by atoms with van der Waals surface area (Å²) in [6.07, 6.45) is 2.57. The van der Waals surface area contributed by atoms with Crippen LogP contribution < -0.4 is 5.32 Å². The highest BCUT2D eigenvalue weighted by atomic mass is 19.1. The Morgan fingerprint density at radius 3 is 2.41 bits per heavy atom. The first-order valence-corrected chi connectivity index (χ1v) is 11.6. The monoisotopic (exact) mass is 467 g/mol. The number of carbonyl (C=O) groups excluding carboxylic acids is 3. The molecule has 1 saturated carbocycles. The van der Waals surface area contributed by atoms with Crippen molar-refractivity contribution in [2.45, 2.75) is 49.8 Å². The highest BCUT2D eigenvalue weighted by molar-refractivity contribution is 6.34. The van der Waals surface area contributed by atoms with Gasteiger partial charge in [-0.15, -0.1) is 0 Å². The number of halogens is 1. The van der Waals surface area contributed by atoms with Crippen molar-refractivity contribution in [3.05, 3.63) is 59.9 Å². The minimum atomic E-state index is -1.35. The van der Waals surface area contributed by atoms with E-state index in [1.54, 1.807) is 11.0 Å². The van der Waals surface area contributed by atoms with E-state index in [1.165, 1.54) is 31.1 Å². The Morgan fingerprint density at radius 1 is 1.12 bits per heavy atom. The third-order valence-electron chi connectivity index (χ3n) is 6.83. The van der Waals surface area contributed by atoms with Gasteiger partial charge in [-0.3, -0.25) is 14.4 Å². The van der Waals surface area contributed by atoms with E-state index < -0.39 is 29.5 Å². The molecule has 0 bridgehead atoms. The third-order valence-corrected chi connectivity index (χ3v) is 6.83. The van der Waals surface area contributed by atoms with Crippen LogP contribution in [0.1, 0.15) is 31.2 Å². The van der Waals surface area contributed by atoms with Gasteiger partial charge < -0.3 is 20.2 Å². The van der Waals surface area contributed by atoms with Gasteiger partial charge in [0.05, 0.1) is 12.1 Å². The van der Waals surface area contributed by atoms with E-state index in [-0.39, 0.29) is 11.7 Å². The first-order valence-electron chi connectivity index (χ1n) is 11.6. The van der Waals surface area contributed by atoms with Gasteiger partial charge in [0.15, 0.2) is 0 Å². The predicted octanol–water partition coefficient (Wildman–Crippen LogP) is 2.12. The van der Waals surface area contributed by atoms with Crippen LogP contribution in [0.2, 0.25) is 0 Å². The highest BCUT2D eigenvalue weighted by Crippen LogP contribution is 2.36. The van der Waals surface area contributed by atoms with Crippen molar-refractivity contribution in [2.75, 3.05) is 20.6 Å². The van der Waals surface area contributed by atoms with Gasteiger partial charge in [-0.25, -0.2) is 4.39 Å². The molecular weight excluding hydrogens is 437 g/mol. The molecule has 0 unspecified atom stereocenters. The van der Waals surface area contributed by atoms with E-state index in [0.717, 1.165) is 23.1 Å². The molecule has 0 aromatic heterocycles. The van der Waals surface area contributed by atoms with Crippen LogP contribution in [0.3, 0.4) is 0 Å². The third kappa shape index (κ3) is 4.82. The minimum Gasteiger partial charge on any atom is -0.380 e. The number of aliphatic hydroxyl groups is 1. The maximum Gasteiger partial charge on any atom is 0.311 e. The van der Waals surface area contributed by atoms with Crippen LogP contribution in [0.4, 0.5) is 4.39 Å². The zero-order valence-electron chi connectivity index (χ0n) is 19.5. The molecule has 3 amide bonds. The van der Waals surface area contributed by atoms with E-state index in [9.17, 15) is 23.9 Å². The second kappa shape index (κ2) is 9.54. The number of likely N-dealkylation sites (tertiary alicyclic amines) is 1. The molecule has 2 atom stereocenters. The summed E-state index contributed by atoms with van der Waals surface area (Å²) in [5.74, 6) is -2.02. The van der Waals surface area contributed by atoms with Crippen molar-refractivity contribution in [1.29, 1.82) is 0 Å². The largest absolute Gasteiger partial charge is 0.380 e. The lowest BCUT2D eigenvalue weighted by Crippen LogP contribution is -2.57. The summed E-state index contributed by atoms with van der Waals surface area (Å²) in [6, 6.07) is 13.1. The molecule has 2 aromatic carbocycles. The number of nitrogens with one attached hydrogen (secondary N) is 1. The number of benzene rings is 2. The Kier molecular flexibility index (Phi) is 6.70. The number of hydrogen-bond donors (Lipinski definition) is 2. The first-order chi connectivity index (χ1) is 16.2. The molecule has 2 N–H and O–H groups in total. The predicted molar refractivity (Wildman–Crippen MR) is 125 cm³/mol. The molecule has 7 nitrogen and oxygen atoms in total. The second-order valence-electron chi connectivity index (χ2n) is 9.43. The molecule has 0 spiro atoms. The van der Waals surface area contributed by atoms with Crippen molar-refractivity contribution < 1.29 is 23.9 Å². The molecule has 1 saturated heterocycles. The van der Waals surface area contributed by atoms with Gasteiger partial charge in [-0.2, -0.15) is 0 Å². The smallest absolute Gasteiger partial charge is 0.311 e. The molecule has 34 heavy (non-hydrogen) atoms. The Balaban J connectivity index is 1.59. The van der Waals surface area contributed by atoms with Crippen molar-refractivity contribution >= 4 is 17.7 Å². The van der Waals surface area contributed by atoms with Gasteiger partial charge in [-0.05, 0) is 60.9 Å². The lowest BCUT2D eigenvalue weighted by Gasteiger charge is -2.40. The minimum absolute atomic E-state index is 0.319. The van der Waals surface area contributed by atoms with E-state index in [4.69, 9.17) is 0 Å². The summed E-state index contributed by atoms with van der Waals surface area (Å²) in [4.78, 5) is 40.6. The fourth-order valence-corrected chi connectivity index (χ4v) is 4.74. The standard InChI is InChI=1S/C26H30FN3O4/c1-29(2)24(32)23(31)28-21-10-13-30(25(33)26(34)11-5-12-26)22(21)15-17-6-3-7-18(14-17)19-8-4-9-20(27)16-19/h3-4,6-9,14,16,21-22,34H,5,10-13,15H2,1-2H3,(H,28,31)/t21-,22-/m0/s1. The van der Waals surface area contributed by atoms with Crippen molar-refractivity contribution in [3.8, 4) is 11.1 Å². The average Bonchev–Trinajstić information content (AvgIpc) is 3.18. The zero-order chi connectivity index (χ0) is 24.5. The number of amides is 3. The molecule has 1 aliphatic heterocycles. The van der Waals surface area contributed by atoms with Crippen LogP contribution in [0, 0.1) is 5.82 Å². The van der Waals surface area contributed by atoms with Crippen LogP contribution in [0.5, 0.6) is 0 Å². The van der Waals surface area contributed by atoms with Crippen LogP contribution in [-0.4, -0.2) is 71.0 Å². The summed E-state index contributed by atoms with van der Waals surface area (Å²) in [7, 11) is 3.02. The molecule has 180 valence electrons. The van der Waals surface area contributed by atoms with E-state index in [2.05, 4.69) is 5.32 Å². The molecule has 2 fully saturated rings. The van der Waals surface area contributed by atoms with Gasteiger partial charge >= 0.3 is 11.8 Å². The summed E-state index contributed by atoms with van der Waals surface area (Å²) in [5.41, 5.74) is 1.14. The van der Waals surface area contributed by atoms with Crippen LogP contribution in [-0.2, 0) is 20.8 Å². The maximum absolute atomic E-state index is 13.7. The average molecular weight is 468 g/mol. The summed E-state index contributed by atoms with van der Waals surface area (Å²) < 4.78 is 13.7. The quantitative estimate of drug-likeness (QED) is 0.660. The number of likely N-dealkylation sites (N-methyl/N-ethyl adjacent to an activating group) is 1. The number of hydrogen-bond acceptors (Lipinski definition) is 4. The van der Waals surface area contributed by atoms with Gasteiger partial charge in [0.25, 0.3) is 5.91 Å². The molecular formula is C26H30FN3O4. The van der Waals surface area contributed by atoms with Gasteiger partial charge in [0, 0.05) is 20.6 Å². The lowest BCUT2D eigenvalue weighted by molar-refractivity contribution is -0.161. The topological polar surface area (TPSA) is 90.0 Å². The molecule has 1 heterocycles. The Morgan fingerprint density at radius 2 is 1.79 bits per heavy atom.